The first kappa shape index (κ1) is 27.3. The summed E-state index contributed by atoms with van der Waals surface area (Å²) in [4.78, 5) is 0. The number of rotatable bonds is 17. The van der Waals surface area contributed by atoms with Gasteiger partial charge in [-0.1, -0.05) is 73.1 Å². The van der Waals surface area contributed by atoms with Gasteiger partial charge in [0.1, 0.15) is 0 Å². The maximum absolute atomic E-state index is 3.27. The van der Waals surface area contributed by atoms with Crippen LogP contribution in [0, 0.1) is 0 Å². The van der Waals surface area contributed by atoms with Crippen LogP contribution in [0.2, 0.25) is 0 Å². The van der Waals surface area contributed by atoms with E-state index >= 15 is 0 Å². The Morgan fingerprint density at radius 1 is 0.423 bits per heavy atom. The Morgan fingerprint density at radius 3 is 0.923 bits per heavy atom. The molecule has 0 nitrogen and oxygen atoms in total. The van der Waals surface area contributed by atoms with Gasteiger partial charge in [0.2, 0.25) is 0 Å². The molecule has 0 amide bonds. The molecular formula is C23H51P3. The van der Waals surface area contributed by atoms with Crippen LogP contribution >= 0.6 is 27.7 Å². The van der Waals surface area contributed by atoms with Crippen molar-refractivity contribution in [1.82, 2.24) is 0 Å². The Kier molecular flexibility index (Phi) is 15.0. The Morgan fingerprint density at radius 2 is 0.692 bits per heavy atom. The fraction of sp³-hybridized carbons (Fsp3) is 1.00. The molecule has 0 heterocycles. The van der Waals surface area contributed by atoms with Crippen LogP contribution in [0.5, 0.6) is 0 Å². The van der Waals surface area contributed by atoms with E-state index in [1.165, 1.54) is 96.3 Å². The topological polar surface area (TPSA) is 0 Å². The molecule has 0 bridgehead atoms. The van der Waals surface area contributed by atoms with E-state index in [1.54, 1.807) is 0 Å². The zero-order valence-electron chi connectivity index (χ0n) is 18.8. The zero-order valence-corrected chi connectivity index (χ0v) is 22.3. The minimum absolute atomic E-state index is 0.466. The molecule has 0 aliphatic carbocycles. The van der Waals surface area contributed by atoms with Gasteiger partial charge in [0.25, 0.3) is 0 Å². The molecule has 0 aliphatic rings. The first-order chi connectivity index (χ1) is 12.2. The largest absolute Gasteiger partial charge is 0.131 e. The molecule has 0 radical (unpaired) electrons. The van der Waals surface area contributed by atoms with Gasteiger partial charge >= 0.3 is 0 Å². The summed E-state index contributed by atoms with van der Waals surface area (Å²) in [5.41, 5.74) is 0. The molecular weight excluding hydrogens is 369 g/mol. The quantitative estimate of drug-likeness (QED) is 0.206. The van der Waals surface area contributed by atoms with Crippen LogP contribution in [0.15, 0.2) is 0 Å². The first-order valence-corrected chi connectivity index (χ1v) is 13.3. The highest BCUT2D eigenvalue weighted by Crippen LogP contribution is 2.41. The van der Waals surface area contributed by atoms with Crippen LogP contribution in [-0.4, -0.2) is 15.5 Å². The molecule has 0 N–H and O–H groups in total. The molecule has 26 heavy (non-hydrogen) atoms. The van der Waals surface area contributed by atoms with Gasteiger partial charge in [0.15, 0.2) is 0 Å². The van der Waals surface area contributed by atoms with E-state index in [1.807, 2.05) is 0 Å². The van der Waals surface area contributed by atoms with Gasteiger partial charge in [-0.2, -0.15) is 0 Å². The van der Waals surface area contributed by atoms with Crippen LogP contribution in [0.3, 0.4) is 0 Å². The first-order valence-electron chi connectivity index (χ1n) is 11.6. The van der Waals surface area contributed by atoms with Crippen molar-refractivity contribution in [3.63, 3.8) is 0 Å². The van der Waals surface area contributed by atoms with Crippen LogP contribution in [0.1, 0.15) is 131 Å². The monoisotopic (exact) mass is 420 g/mol. The van der Waals surface area contributed by atoms with Gasteiger partial charge < -0.3 is 0 Å². The van der Waals surface area contributed by atoms with E-state index in [0.717, 1.165) is 0 Å². The molecule has 3 atom stereocenters. The predicted molar refractivity (Wildman–Crippen MR) is 135 cm³/mol. The van der Waals surface area contributed by atoms with Crippen molar-refractivity contribution >= 4 is 27.7 Å². The summed E-state index contributed by atoms with van der Waals surface area (Å²) < 4.78 is 0. The van der Waals surface area contributed by atoms with Gasteiger partial charge in [-0.3, -0.25) is 0 Å². The third-order valence-electron chi connectivity index (χ3n) is 6.39. The second-order valence-electron chi connectivity index (χ2n) is 9.15. The highest BCUT2D eigenvalue weighted by Gasteiger charge is 2.28. The summed E-state index contributed by atoms with van der Waals surface area (Å²) in [6, 6.07) is 0. The van der Waals surface area contributed by atoms with Gasteiger partial charge in [-0.15, -0.1) is 27.7 Å². The summed E-state index contributed by atoms with van der Waals surface area (Å²) in [6.07, 6.45) is 20.3. The number of hydrogen-bond donors (Lipinski definition) is 0. The lowest BCUT2D eigenvalue weighted by molar-refractivity contribution is 0.376. The van der Waals surface area contributed by atoms with Gasteiger partial charge in [0, 0.05) is 0 Å². The molecule has 0 saturated heterocycles. The van der Waals surface area contributed by atoms with E-state index in [9.17, 15) is 0 Å². The second kappa shape index (κ2) is 14.3. The molecule has 3 unspecified atom stereocenters. The van der Waals surface area contributed by atoms with Crippen molar-refractivity contribution < 1.29 is 0 Å². The summed E-state index contributed by atoms with van der Waals surface area (Å²) in [5, 5.41) is 1.47. The third-order valence-corrected chi connectivity index (χ3v) is 9.11. The summed E-state index contributed by atoms with van der Waals surface area (Å²) in [5.74, 6) is 0. The molecule has 0 aromatic rings. The minimum atomic E-state index is 0.466. The molecule has 0 aromatic carbocycles. The van der Waals surface area contributed by atoms with E-state index in [-0.39, 0.29) is 0 Å². The van der Waals surface area contributed by atoms with Gasteiger partial charge in [0.05, 0.1) is 0 Å². The minimum Gasteiger partial charge on any atom is -0.131 e. The molecule has 0 aromatic heterocycles. The molecule has 3 heteroatoms. The Bertz CT molecular complexity index is 300. The Hall–Kier alpha value is 1.29. The maximum atomic E-state index is 3.27. The lowest BCUT2D eigenvalue weighted by Crippen LogP contribution is -2.25. The predicted octanol–water partition coefficient (Wildman–Crippen LogP) is 8.78. The molecule has 0 fully saturated rings. The fourth-order valence-corrected chi connectivity index (χ4v) is 6.78. The van der Waals surface area contributed by atoms with E-state index in [4.69, 9.17) is 0 Å². The fourth-order valence-electron chi connectivity index (χ4n) is 4.81. The standard InChI is InChI=1S/C23H51P3/c1-6-13-22(25,14-7-2)19-11-17-21(24,10-5)18-12-20-23(26,15-8-3)16-9-4/h6-20,24-26H2,1-5H3. The van der Waals surface area contributed by atoms with Crippen molar-refractivity contribution in [3.8, 4) is 0 Å². The van der Waals surface area contributed by atoms with Gasteiger partial charge in [-0.05, 0) is 73.3 Å². The SMILES string of the molecule is CCCC(P)(CCC)CCCC(P)(CC)CCCC(P)(CCC)CCC. The van der Waals surface area contributed by atoms with Crippen molar-refractivity contribution in [2.24, 2.45) is 0 Å². The van der Waals surface area contributed by atoms with Gasteiger partial charge in [-0.25, -0.2) is 0 Å². The Balaban J connectivity index is 4.50. The molecule has 0 saturated carbocycles. The second-order valence-corrected chi connectivity index (χ2v) is 12.8. The van der Waals surface area contributed by atoms with E-state index < -0.39 is 0 Å². The summed E-state index contributed by atoms with van der Waals surface area (Å²) in [6.45, 7) is 11.7. The molecule has 0 spiro atoms. The molecule has 0 rings (SSSR count). The van der Waals surface area contributed by atoms with Crippen LogP contribution in [0.25, 0.3) is 0 Å². The van der Waals surface area contributed by atoms with E-state index in [0.29, 0.717) is 15.5 Å². The van der Waals surface area contributed by atoms with Crippen molar-refractivity contribution in [2.75, 3.05) is 0 Å². The summed E-state index contributed by atoms with van der Waals surface area (Å²) in [7, 11) is 9.73. The third kappa shape index (κ3) is 11.3. The van der Waals surface area contributed by atoms with Crippen molar-refractivity contribution in [2.45, 2.75) is 146 Å². The van der Waals surface area contributed by atoms with Crippen molar-refractivity contribution in [1.29, 1.82) is 0 Å². The number of hydrogen-bond acceptors (Lipinski definition) is 0. The average Bonchev–Trinajstić information content (AvgIpc) is 2.55. The lowest BCUT2D eigenvalue weighted by atomic mass is 9.85. The summed E-state index contributed by atoms with van der Waals surface area (Å²) >= 11 is 0. The smallest absolute Gasteiger partial charge is 0.0150 e. The lowest BCUT2D eigenvalue weighted by Gasteiger charge is -2.34. The molecule has 158 valence electrons. The van der Waals surface area contributed by atoms with Crippen LogP contribution in [-0.2, 0) is 0 Å². The normalized spacial score (nSPS) is 13.4. The van der Waals surface area contributed by atoms with Crippen LogP contribution < -0.4 is 0 Å². The highest BCUT2D eigenvalue weighted by molar-refractivity contribution is 7.19. The van der Waals surface area contributed by atoms with Crippen molar-refractivity contribution in [3.05, 3.63) is 0 Å². The molecule has 0 aliphatic heterocycles. The highest BCUT2D eigenvalue weighted by atomic mass is 31.0. The Labute approximate surface area is 174 Å². The zero-order chi connectivity index (χ0) is 20.1. The van der Waals surface area contributed by atoms with Crippen LogP contribution in [0.4, 0.5) is 0 Å². The van der Waals surface area contributed by atoms with E-state index in [2.05, 4.69) is 62.3 Å². The maximum Gasteiger partial charge on any atom is -0.0150 e. The average molecular weight is 421 g/mol.